The van der Waals surface area contributed by atoms with Crippen molar-refractivity contribution in [3.8, 4) is 0 Å². The number of aromatic nitrogens is 2. The van der Waals surface area contributed by atoms with Crippen LogP contribution in [-0.4, -0.2) is 44.3 Å². The van der Waals surface area contributed by atoms with Crippen LogP contribution < -0.4 is 0 Å². The maximum atomic E-state index is 12.7. The summed E-state index contributed by atoms with van der Waals surface area (Å²) in [6, 6.07) is 1.49. The van der Waals surface area contributed by atoms with Gasteiger partial charge in [0.1, 0.15) is 5.92 Å². The van der Waals surface area contributed by atoms with E-state index in [1.165, 1.54) is 13.0 Å². The third-order valence-electron chi connectivity index (χ3n) is 3.29. The second kappa shape index (κ2) is 4.84. The monoisotopic (exact) mass is 289 g/mol. The van der Waals surface area contributed by atoms with Crippen LogP contribution in [0.2, 0.25) is 0 Å². The van der Waals surface area contributed by atoms with Crippen LogP contribution in [0.3, 0.4) is 0 Å². The van der Waals surface area contributed by atoms with Crippen molar-refractivity contribution in [2.24, 2.45) is 5.92 Å². The van der Waals surface area contributed by atoms with E-state index in [1.54, 1.807) is 11.9 Å². The summed E-state index contributed by atoms with van der Waals surface area (Å²) >= 11 is 5.07. The van der Waals surface area contributed by atoms with Gasteiger partial charge >= 0.3 is 12.5 Å². The molecule has 0 spiro atoms. The van der Waals surface area contributed by atoms with E-state index in [4.69, 9.17) is 12.2 Å². The Balaban J connectivity index is 2.38. The van der Waals surface area contributed by atoms with E-state index in [0.717, 1.165) is 0 Å². The minimum atomic E-state index is -2.73. The van der Waals surface area contributed by atoms with Gasteiger partial charge in [-0.25, -0.2) is 4.68 Å². The largest absolute Gasteiger partial charge is 0.481 e. The average Bonchev–Trinajstić information content (AvgIpc) is 2.81. The van der Waals surface area contributed by atoms with E-state index in [1.807, 2.05) is 0 Å². The summed E-state index contributed by atoms with van der Waals surface area (Å²) in [6.45, 7) is -0.853. The number of hydrogen-bond donors (Lipinski definition) is 1. The number of likely N-dealkylation sites (N-methyl/N-ethyl adjacent to an activating group) is 1. The van der Waals surface area contributed by atoms with Crippen molar-refractivity contribution < 1.29 is 18.7 Å². The number of nitrogens with zero attached hydrogens (tertiary/aromatic N) is 3. The Kier molecular flexibility index (Phi) is 3.53. The Hall–Kier alpha value is -1.57. The van der Waals surface area contributed by atoms with E-state index < -0.39 is 24.4 Å². The zero-order valence-corrected chi connectivity index (χ0v) is 11.2. The van der Waals surface area contributed by atoms with Crippen molar-refractivity contribution >= 4 is 23.2 Å². The van der Waals surface area contributed by atoms with E-state index in [0.29, 0.717) is 27.6 Å². The van der Waals surface area contributed by atoms with E-state index >= 15 is 0 Å². The van der Waals surface area contributed by atoms with Crippen LogP contribution in [0.15, 0.2) is 6.07 Å². The molecule has 0 amide bonds. The highest BCUT2D eigenvalue weighted by molar-refractivity contribution is 7.80. The summed E-state index contributed by atoms with van der Waals surface area (Å²) < 4.78 is 26.0. The van der Waals surface area contributed by atoms with E-state index in [9.17, 15) is 18.7 Å². The van der Waals surface area contributed by atoms with Gasteiger partial charge in [0.15, 0.2) is 0 Å². The number of thiocarbonyl (C=S) groups is 1. The molecule has 0 saturated carbocycles. The summed E-state index contributed by atoms with van der Waals surface area (Å²) in [4.78, 5) is 13.2. The minimum Gasteiger partial charge on any atom is -0.481 e. The molecule has 0 bridgehead atoms. The zero-order valence-electron chi connectivity index (χ0n) is 10.4. The van der Waals surface area contributed by atoms with Crippen LogP contribution in [0.25, 0.3) is 0 Å². The Bertz CT molecular complexity index is 532. The maximum absolute atomic E-state index is 12.7. The number of alkyl halides is 2. The second-order valence-electron chi connectivity index (χ2n) is 4.57. The van der Waals surface area contributed by atoms with Crippen LogP contribution in [0.1, 0.15) is 23.9 Å². The number of aryl methyl sites for hydroxylation is 1. The maximum Gasteiger partial charge on any atom is 0.333 e. The van der Waals surface area contributed by atoms with Crippen molar-refractivity contribution in [2.75, 3.05) is 13.6 Å². The summed E-state index contributed by atoms with van der Waals surface area (Å²) in [7, 11) is 1.69. The van der Waals surface area contributed by atoms with Gasteiger partial charge in [0.05, 0.1) is 10.7 Å². The molecule has 0 aromatic carbocycles. The highest BCUT2D eigenvalue weighted by Gasteiger charge is 2.43. The first kappa shape index (κ1) is 13.9. The summed E-state index contributed by atoms with van der Waals surface area (Å²) in [5, 5.41) is 13.0. The molecule has 104 valence electrons. The lowest BCUT2D eigenvalue weighted by Gasteiger charge is -2.11. The zero-order chi connectivity index (χ0) is 14.3. The molecule has 1 aromatic rings. The van der Waals surface area contributed by atoms with E-state index in [2.05, 4.69) is 5.10 Å². The average molecular weight is 289 g/mol. The topological polar surface area (TPSA) is 58.4 Å². The first-order chi connectivity index (χ1) is 8.82. The number of carboxylic acids is 1. The fourth-order valence-corrected chi connectivity index (χ4v) is 2.67. The lowest BCUT2D eigenvalue weighted by molar-refractivity contribution is -0.139. The molecule has 1 N–H and O–H groups in total. The number of carbonyl (C=O) groups is 1. The van der Waals surface area contributed by atoms with Gasteiger partial charge in [-0.05, 0) is 13.0 Å². The van der Waals surface area contributed by atoms with Crippen LogP contribution >= 0.6 is 12.2 Å². The SMILES string of the molecule is Cc1cc(C2CN(C)C(=S)C2C(=O)O)nn1C(F)F. The van der Waals surface area contributed by atoms with Gasteiger partial charge in [-0.15, -0.1) is 0 Å². The Morgan fingerprint density at radius 1 is 1.63 bits per heavy atom. The highest BCUT2D eigenvalue weighted by Crippen LogP contribution is 2.34. The fourth-order valence-electron chi connectivity index (χ4n) is 2.33. The lowest BCUT2D eigenvalue weighted by Crippen LogP contribution is -2.26. The standard InChI is InChI=1S/C11H13F2N3O2S/c1-5-3-7(14-16(5)11(12)13)6-4-15(2)9(19)8(6)10(17)18/h3,6,8,11H,4H2,1-2H3,(H,17,18). The van der Waals surface area contributed by atoms with Crippen molar-refractivity contribution in [3.63, 3.8) is 0 Å². The molecule has 8 heteroatoms. The van der Waals surface area contributed by atoms with Gasteiger partial charge in [-0.3, -0.25) is 4.79 Å². The van der Waals surface area contributed by atoms with Crippen LogP contribution in [0.4, 0.5) is 8.78 Å². The molecule has 19 heavy (non-hydrogen) atoms. The molecule has 5 nitrogen and oxygen atoms in total. The predicted molar refractivity (Wildman–Crippen MR) is 67.3 cm³/mol. The van der Waals surface area contributed by atoms with Crippen molar-refractivity contribution in [2.45, 2.75) is 19.4 Å². The second-order valence-corrected chi connectivity index (χ2v) is 4.99. The molecule has 1 saturated heterocycles. The quantitative estimate of drug-likeness (QED) is 0.857. The van der Waals surface area contributed by atoms with Gasteiger partial charge in [0.2, 0.25) is 0 Å². The number of halogens is 2. The summed E-state index contributed by atoms with van der Waals surface area (Å²) in [5.74, 6) is -2.43. The molecule has 2 atom stereocenters. The number of hydrogen-bond acceptors (Lipinski definition) is 3. The molecular formula is C11H13F2N3O2S. The molecular weight excluding hydrogens is 276 g/mol. The molecule has 1 aromatic heterocycles. The van der Waals surface area contributed by atoms with Gasteiger partial charge in [0.25, 0.3) is 0 Å². The van der Waals surface area contributed by atoms with Gasteiger partial charge in [0, 0.05) is 25.2 Å². The molecule has 2 unspecified atom stereocenters. The van der Waals surface area contributed by atoms with Crippen molar-refractivity contribution in [3.05, 3.63) is 17.5 Å². The fraction of sp³-hybridized carbons (Fsp3) is 0.545. The third kappa shape index (κ3) is 2.32. The van der Waals surface area contributed by atoms with Gasteiger partial charge in [-0.2, -0.15) is 13.9 Å². The lowest BCUT2D eigenvalue weighted by atomic mass is 9.93. The minimum absolute atomic E-state index is 0.301. The van der Waals surface area contributed by atoms with Crippen LogP contribution in [-0.2, 0) is 4.79 Å². The first-order valence-corrected chi connectivity index (χ1v) is 6.05. The Labute approximate surface area is 113 Å². The predicted octanol–water partition coefficient (Wildman–Crippen LogP) is 1.64. The number of rotatable bonds is 3. The van der Waals surface area contributed by atoms with Crippen molar-refractivity contribution in [1.82, 2.24) is 14.7 Å². The summed E-state index contributed by atoms with van der Waals surface area (Å²) in [6.07, 6.45) is 0. The molecule has 2 heterocycles. The molecule has 1 aliphatic heterocycles. The van der Waals surface area contributed by atoms with Crippen molar-refractivity contribution in [1.29, 1.82) is 0 Å². The number of likely N-dealkylation sites (tertiary alicyclic amines) is 1. The molecule has 1 aliphatic rings. The summed E-state index contributed by atoms with van der Waals surface area (Å²) in [5.41, 5.74) is 0.645. The van der Waals surface area contributed by atoms with Gasteiger partial charge in [-0.1, -0.05) is 12.2 Å². The van der Waals surface area contributed by atoms with Crippen LogP contribution in [0.5, 0.6) is 0 Å². The Morgan fingerprint density at radius 2 is 2.26 bits per heavy atom. The normalized spacial score (nSPS) is 23.4. The van der Waals surface area contributed by atoms with E-state index in [-0.39, 0.29) is 0 Å². The molecule has 2 rings (SSSR count). The van der Waals surface area contributed by atoms with Crippen LogP contribution in [0, 0.1) is 12.8 Å². The third-order valence-corrected chi connectivity index (χ3v) is 3.85. The number of carboxylic acid groups (broad SMARTS) is 1. The molecule has 0 radical (unpaired) electrons. The van der Waals surface area contributed by atoms with Gasteiger partial charge < -0.3 is 10.0 Å². The smallest absolute Gasteiger partial charge is 0.333 e. The molecule has 0 aliphatic carbocycles. The first-order valence-electron chi connectivity index (χ1n) is 5.65. The molecule has 1 fully saturated rings. The highest BCUT2D eigenvalue weighted by atomic mass is 32.1. The Morgan fingerprint density at radius 3 is 2.74 bits per heavy atom. The number of aliphatic carboxylic acids is 1.